The van der Waals surface area contributed by atoms with Crippen LogP contribution in [0.25, 0.3) is 0 Å². The summed E-state index contributed by atoms with van der Waals surface area (Å²) in [5, 5.41) is 6.37. The minimum atomic E-state index is 0. The minimum absolute atomic E-state index is 0. The summed E-state index contributed by atoms with van der Waals surface area (Å²) in [6, 6.07) is 0.904. The molecule has 1 aliphatic heterocycles. The highest BCUT2D eigenvalue weighted by molar-refractivity contribution is 7.99. The van der Waals surface area contributed by atoms with E-state index in [1.165, 1.54) is 18.6 Å². The molecule has 82 valence electrons. The smallest absolute Gasteiger partial charge is 0.221 e. The fourth-order valence-corrected chi connectivity index (χ4v) is 2.44. The SMILES string of the molecule is Cl.O=C(CC1CSCCN1)NC1CC1. The monoisotopic (exact) mass is 236 g/mol. The zero-order chi connectivity index (χ0) is 9.10. The van der Waals surface area contributed by atoms with E-state index in [4.69, 9.17) is 0 Å². The van der Waals surface area contributed by atoms with E-state index in [1.807, 2.05) is 11.8 Å². The molecule has 1 atom stereocenters. The van der Waals surface area contributed by atoms with Gasteiger partial charge in [0, 0.05) is 36.6 Å². The molecule has 5 heteroatoms. The van der Waals surface area contributed by atoms with Crippen LogP contribution in [0.4, 0.5) is 0 Å². The minimum Gasteiger partial charge on any atom is -0.353 e. The van der Waals surface area contributed by atoms with Gasteiger partial charge in [-0.2, -0.15) is 11.8 Å². The largest absolute Gasteiger partial charge is 0.353 e. The molecule has 0 bridgehead atoms. The fraction of sp³-hybridized carbons (Fsp3) is 0.889. The van der Waals surface area contributed by atoms with E-state index < -0.39 is 0 Å². The van der Waals surface area contributed by atoms with Crippen LogP contribution < -0.4 is 10.6 Å². The molecule has 1 saturated heterocycles. The van der Waals surface area contributed by atoms with Crippen LogP contribution >= 0.6 is 24.2 Å². The Morgan fingerprint density at radius 3 is 2.86 bits per heavy atom. The van der Waals surface area contributed by atoms with E-state index in [1.54, 1.807) is 0 Å². The first-order valence-corrected chi connectivity index (χ1v) is 6.10. The summed E-state index contributed by atoms with van der Waals surface area (Å²) < 4.78 is 0. The zero-order valence-electron chi connectivity index (χ0n) is 8.12. The molecule has 2 aliphatic rings. The van der Waals surface area contributed by atoms with E-state index >= 15 is 0 Å². The summed E-state index contributed by atoms with van der Waals surface area (Å²) >= 11 is 1.94. The standard InChI is InChI=1S/C9H16N2OS.ClH/c12-9(11-7-1-2-7)5-8-6-13-4-3-10-8;/h7-8,10H,1-6H2,(H,11,12);1H. The van der Waals surface area contributed by atoms with Gasteiger partial charge < -0.3 is 10.6 Å². The predicted octanol–water partition coefficient (Wildman–Crippen LogP) is 0.782. The molecular formula is C9H17ClN2OS. The van der Waals surface area contributed by atoms with Crippen LogP contribution in [0.5, 0.6) is 0 Å². The van der Waals surface area contributed by atoms with Crippen molar-refractivity contribution in [2.45, 2.75) is 31.3 Å². The highest BCUT2D eigenvalue weighted by Crippen LogP contribution is 2.19. The first-order valence-electron chi connectivity index (χ1n) is 4.95. The van der Waals surface area contributed by atoms with Crippen molar-refractivity contribution in [3.63, 3.8) is 0 Å². The van der Waals surface area contributed by atoms with Crippen molar-refractivity contribution >= 4 is 30.1 Å². The lowest BCUT2D eigenvalue weighted by atomic mass is 10.2. The van der Waals surface area contributed by atoms with Gasteiger partial charge in [-0.3, -0.25) is 4.79 Å². The fourth-order valence-electron chi connectivity index (χ4n) is 1.49. The van der Waals surface area contributed by atoms with Crippen LogP contribution in [-0.4, -0.2) is 36.0 Å². The van der Waals surface area contributed by atoms with Crippen LogP contribution in [0.1, 0.15) is 19.3 Å². The van der Waals surface area contributed by atoms with E-state index in [0.29, 0.717) is 18.5 Å². The average molecular weight is 237 g/mol. The molecule has 0 radical (unpaired) electrons. The van der Waals surface area contributed by atoms with Gasteiger partial charge in [0.1, 0.15) is 0 Å². The highest BCUT2D eigenvalue weighted by Gasteiger charge is 2.24. The van der Waals surface area contributed by atoms with Crippen molar-refractivity contribution in [1.29, 1.82) is 0 Å². The Balaban J connectivity index is 0.000000980. The van der Waals surface area contributed by atoms with Crippen LogP contribution in [-0.2, 0) is 4.79 Å². The molecule has 2 N–H and O–H groups in total. The molecule has 1 unspecified atom stereocenters. The number of hydrogen-bond acceptors (Lipinski definition) is 3. The maximum Gasteiger partial charge on any atom is 0.221 e. The van der Waals surface area contributed by atoms with Crippen molar-refractivity contribution in [2.24, 2.45) is 0 Å². The Morgan fingerprint density at radius 1 is 1.50 bits per heavy atom. The number of carbonyl (C=O) groups excluding carboxylic acids is 1. The maximum atomic E-state index is 11.4. The average Bonchev–Trinajstić information content (AvgIpc) is 2.90. The summed E-state index contributed by atoms with van der Waals surface area (Å²) in [4.78, 5) is 11.4. The lowest BCUT2D eigenvalue weighted by Crippen LogP contribution is -2.41. The second-order valence-corrected chi connectivity index (χ2v) is 4.92. The number of nitrogens with one attached hydrogen (secondary N) is 2. The van der Waals surface area contributed by atoms with Gasteiger partial charge in [0.2, 0.25) is 5.91 Å². The van der Waals surface area contributed by atoms with E-state index in [0.717, 1.165) is 12.3 Å². The van der Waals surface area contributed by atoms with E-state index in [9.17, 15) is 4.79 Å². The van der Waals surface area contributed by atoms with Gasteiger partial charge in [0.05, 0.1) is 0 Å². The Kier molecular flexibility index (Phi) is 5.06. The van der Waals surface area contributed by atoms with Crippen molar-refractivity contribution in [3.8, 4) is 0 Å². The molecule has 3 nitrogen and oxygen atoms in total. The highest BCUT2D eigenvalue weighted by atomic mass is 35.5. The Morgan fingerprint density at radius 2 is 2.29 bits per heavy atom. The molecule has 1 saturated carbocycles. The van der Waals surface area contributed by atoms with Gasteiger partial charge in [-0.1, -0.05) is 0 Å². The molecule has 1 amide bonds. The number of carbonyl (C=O) groups is 1. The normalized spacial score (nSPS) is 26.4. The molecule has 0 spiro atoms. The Labute approximate surface area is 95.2 Å². The van der Waals surface area contributed by atoms with Gasteiger partial charge in [-0.05, 0) is 12.8 Å². The molecule has 0 aromatic carbocycles. The molecular weight excluding hydrogens is 220 g/mol. The van der Waals surface area contributed by atoms with Gasteiger partial charge in [0.25, 0.3) is 0 Å². The Bertz CT molecular complexity index is 193. The molecule has 14 heavy (non-hydrogen) atoms. The number of thioether (sulfide) groups is 1. The molecule has 2 rings (SSSR count). The molecule has 0 aromatic heterocycles. The number of amides is 1. The second kappa shape index (κ2) is 5.83. The first-order chi connectivity index (χ1) is 6.34. The molecule has 1 aliphatic carbocycles. The van der Waals surface area contributed by atoms with Crippen LogP contribution in [0.2, 0.25) is 0 Å². The van der Waals surface area contributed by atoms with Crippen LogP contribution in [0, 0.1) is 0 Å². The lowest BCUT2D eigenvalue weighted by Gasteiger charge is -2.22. The first kappa shape index (κ1) is 12.1. The second-order valence-electron chi connectivity index (χ2n) is 3.77. The van der Waals surface area contributed by atoms with Gasteiger partial charge >= 0.3 is 0 Å². The summed E-state index contributed by atoms with van der Waals surface area (Å²) in [6.45, 7) is 1.05. The summed E-state index contributed by atoms with van der Waals surface area (Å²) in [7, 11) is 0. The van der Waals surface area contributed by atoms with E-state index in [2.05, 4.69) is 10.6 Å². The predicted molar refractivity (Wildman–Crippen MR) is 62.1 cm³/mol. The lowest BCUT2D eigenvalue weighted by molar-refractivity contribution is -0.121. The summed E-state index contributed by atoms with van der Waals surface area (Å²) in [5.74, 6) is 2.49. The van der Waals surface area contributed by atoms with Crippen molar-refractivity contribution in [2.75, 3.05) is 18.1 Å². The topological polar surface area (TPSA) is 41.1 Å². The molecule has 2 fully saturated rings. The third-order valence-corrected chi connectivity index (χ3v) is 3.50. The summed E-state index contributed by atoms with van der Waals surface area (Å²) in [6.07, 6.45) is 3.01. The van der Waals surface area contributed by atoms with Crippen molar-refractivity contribution in [1.82, 2.24) is 10.6 Å². The number of halogens is 1. The Hall–Kier alpha value is 0.0700. The van der Waals surface area contributed by atoms with Gasteiger partial charge in [-0.25, -0.2) is 0 Å². The number of hydrogen-bond donors (Lipinski definition) is 2. The van der Waals surface area contributed by atoms with Crippen LogP contribution in [0.15, 0.2) is 0 Å². The quantitative estimate of drug-likeness (QED) is 0.761. The van der Waals surface area contributed by atoms with Crippen LogP contribution in [0.3, 0.4) is 0 Å². The van der Waals surface area contributed by atoms with Gasteiger partial charge in [0.15, 0.2) is 0 Å². The summed E-state index contributed by atoms with van der Waals surface area (Å²) in [5.41, 5.74) is 0. The third kappa shape index (κ3) is 4.07. The molecule has 1 heterocycles. The van der Waals surface area contributed by atoms with Crippen molar-refractivity contribution < 1.29 is 4.79 Å². The molecule has 0 aromatic rings. The third-order valence-electron chi connectivity index (χ3n) is 2.37. The number of rotatable bonds is 3. The maximum absolute atomic E-state index is 11.4. The van der Waals surface area contributed by atoms with Gasteiger partial charge in [-0.15, -0.1) is 12.4 Å². The zero-order valence-corrected chi connectivity index (χ0v) is 9.76. The van der Waals surface area contributed by atoms with Crippen molar-refractivity contribution in [3.05, 3.63) is 0 Å². The van der Waals surface area contributed by atoms with E-state index in [-0.39, 0.29) is 18.3 Å².